The fraction of sp³-hybridized carbons (Fsp3) is 0.0714. The Bertz CT molecular complexity index is 678. The van der Waals surface area contributed by atoms with Gasteiger partial charge >= 0.3 is 0 Å². The molecule has 0 bridgehead atoms. The molecule has 0 spiro atoms. The lowest BCUT2D eigenvalue weighted by Gasteiger charge is -2.06. The minimum atomic E-state index is -0.586. The quantitative estimate of drug-likeness (QED) is 0.630. The van der Waals surface area contributed by atoms with Crippen LogP contribution < -0.4 is 4.74 Å². The zero-order valence-corrected chi connectivity index (χ0v) is 11.8. The van der Waals surface area contributed by atoms with Crippen LogP contribution >= 0.6 is 15.9 Å². The number of benzene rings is 2. The summed E-state index contributed by atoms with van der Waals surface area (Å²) in [5, 5.41) is 19.6. The SMILES string of the molecule is N#Cc1cc(OCc2ccc(Br)cc2)ccc1[N+](=O)[O-]. The summed E-state index contributed by atoms with van der Waals surface area (Å²) in [6.45, 7) is 0.329. The van der Waals surface area contributed by atoms with Gasteiger partial charge in [-0.2, -0.15) is 5.26 Å². The number of halogens is 1. The van der Waals surface area contributed by atoms with Crippen LogP contribution in [0.3, 0.4) is 0 Å². The monoisotopic (exact) mass is 332 g/mol. The second-order valence-electron chi connectivity index (χ2n) is 3.96. The van der Waals surface area contributed by atoms with Gasteiger partial charge in [0.05, 0.1) is 4.92 Å². The largest absolute Gasteiger partial charge is 0.489 e. The Morgan fingerprint density at radius 1 is 1.25 bits per heavy atom. The molecule has 2 aromatic carbocycles. The van der Waals surface area contributed by atoms with Crippen LogP contribution in [-0.2, 0) is 6.61 Å². The summed E-state index contributed by atoms with van der Waals surface area (Å²) in [7, 11) is 0. The number of nitro groups is 1. The molecule has 6 heteroatoms. The predicted molar refractivity (Wildman–Crippen MR) is 76.3 cm³/mol. The average molecular weight is 333 g/mol. The molecule has 2 rings (SSSR count). The molecule has 5 nitrogen and oxygen atoms in total. The number of ether oxygens (including phenoxy) is 1. The third kappa shape index (κ3) is 3.33. The van der Waals surface area contributed by atoms with E-state index in [1.165, 1.54) is 18.2 Å². The standard InChI is InChI=1S/C14H9BrN2O3/c15-12-3-1-10(2-4-12)9-20-13-5-6-14(17(18)19)11(7-13)8-16/h1-7H,9H2. The molecule has 0 aliphatic carbocycles. The van der Waals surface area contributed by atoms with E-state index in [0.717, 1.165) is 10.0 Å². The molecule has 0 aliphatic rings. The highest BCUT2D eigenvalue weighted by molar-refractivity contribution is 9.10. The van der Waals surface area contributed by atoms with Crippen molar-refractivity contribution in [2.45, 2.75) is 6.61 Å². The normalized spacial score (nSPS) is 9.80. The lowest BCUT2D eigenvalue weighted by molar-refractivity contribution is -0.385. The van der Waals surface area contributed by atoms with E-state index in [1.54, 1.807) is 6.07 Å². The fourth-order valence-electron chi connectivity index (χ4n) is 1.60. The van der Waals surface area contributed by atoms with Gasteiger partial charge in [0.15, 0.2) is 0 Å². The van der Waals surface area contributed by atoms with Crippen molar-refractivity contribution >= 4 is 21.6 Å². The van der Waals surface area contributed by atoms with Gasteiger partial charge < -0.3 is 4.74 Å². The summed E-state index contributed by atoms with van der Waals surface area (Å²) in [5.74, 6) is 0.426. The molecule has 0 radical (unpaired) electrons. The zero-order valence-electron chi connectivity index (χ0n) is 10.2. The van der Waals surface area contributed by atoms with Gasteiger partial charge in [0.1, 0.15) is 24.0 Å². The lowest BCUT2D eigenvalue weighted by Crippen LogP contribution is -1.97. The van der Waals surface area contributed by atoms with Crippen LogP contribution in [0.15, 0.2) is 46.9 Å². The first kappa shape index (κ1) is 14.0. The Labute approximate surface area is 123 Å². The number of rotatable bonds is 4. The number of hydrogen-bond acceptors (Lipinski definition) is 4. The van der Waals surface area contributed by atoms with Crippen LogP contribution in [0.5, 0.6) is 5.75 Å². The van der Waals surface area contributed by atoms with E-state index >= 15 is 0 Å². The van der Waals surface area contributed by atoms with E-state index in [-0.39, 0.29) is 11.3 Å². The summed E-state index contributed by atoms with van der Waals surface area (Å²) in [4.78, 5) is 10.1. The molecule has 20 heavy (non-hydrogen) atoms. The van der Waals surface area contributed by atoms with Gasteiger partial charge in [-0.3, -0.25) is 10.1 Å². The summed E-state index contributed by atoms with van der Waals surface area (Å²) >= 11 is 3.34. The maximum Gasteiger partial charge on any atom is 0.287 e. The van der Waals surface area contributed by atoms with Crippen molar-refractivity contribution in [1.82, 2.24) is 0 Å². The van der Waals surface area contributed by atoms with Gasteiger partial charge in [0.2, 0.25) is 0 Å². The van der Waals surface area contributed by atoms with Crippen molar-refractivity contribution in [3.05, 3.63) is 68.2 Å². The number of nitro benzene ring substituents is 1. The summed E-state index contributed by atoms with van der Waals surface area (Å²) in [6.07, 6.45) is 0. The van der Waals surface area contributed by atoms with Crippen LogP contribution in [0.1, 0.15) is 11.1 Å². The van der Waals surface area contributed by atoms with E-state index in [9.17, 15) is 10.1 Å². The maximum atomic E-state index is 10.7. The first-order valence-corrected chi connectivity index (χ1v) is 6.45. The van der Waals surface area contributed by atoms with Crippen LogP contribution in [0.25, 0.3) is 0 Å². The van der Waals surface area contributed by atoms with Gasteiger partial charge in [-0.15, -0.1) is 0 Å². The summed E-state index contributed by atoms with van der Waals surface area (Å²) < 4.78 is 6.50. The van der Waals surface area contributed by atoms with Gasteiger partial charge in [-0.05, 0) is 23.8 Å². The van der Waals surface area contributed by atoms with Crippen LogP contribution in [0.4, 0.5) is 5.69 Å². The Morgan fingerprint density at radius 3 is 2.55 bits per heavy atom. The molecule has 0 aliphatic heterocycles. The highest BCUT2D eigenvalue weighted by Crippen LogP contribution is 2.24. The Kier molecular flexibility index (Phi) is 4.33. The highest BCUT2D eigenvalue weighted by atomic mass is 79.9. The first-order chi connectivity index (χ1) is 9.60. The van der Waals surface area contributed by atoms with E-state index in [4.69, 9.17) is 10.00 Å². The number of hydrogen-bond donors (Lipinski definition) is 0. The lowest BCUT2D eigenvalue weighted by atomic mass is 10.2. The fourth-order valence-corrected chi connectivity index (χ4v) is 1.87. The van der Waals surface area contributed by atoms with Gasteiger partial charge in [0.25, 0.3) is 5.69 Å². The van der Waals surface area contributed by atoms with E-state index < -0.39 is 4.92 Å². The molecule has 0 saturated carbocycles. The molecule has 0 atom stereocenters. The van der Waals surface area contributed by atoms with Crippen molar-refractivity contribution in [2.75, 3.05) is 0 Å². The molecule has 0 N–H and O–H groups in total. The smallest absolute Gasteiger partial charge is 0.287 e. The molecule has 0 aromatic heterocycles. The van der Waals surface area contributed by atoms with E-state index in [2.05, 4.69) is 15.9 Å². The highest BCUT2D eigenvalue weighted by Gasteiger charge is 2.14. The predicted octanol–water partition coefficient (Wildman–Crippen LogP) is 3.81. The molecule has 100 valence electrons. The van der Waals surface area contributed by atoms with Crippen LogP contribution in [0, 0.1) is 21.4 Å². The maximum absolute atomic E-state index is 10.7. The number of nitrogens with zero attached hydrogens (tertiary/aromatic N) is 2. The Balaban J connectivity index is 2.12. The topological polar surface area (TPSA) is 76.2 Å². The third-order valence-corrected chi connectivity index (χ3v) is 3.13. The molecule has 2 aromatic rings. The molecule has 0 unspecified atom stereocenters. The molecule has 0 amide bonds. The van der Waals surface area contributed by atoms with Gasteiger partial charge in [-0.1, -0.05) is 28.1 Å². The van der Waals surface area contributed by atoms with Crippen molar-refractivity contribution in [3.63, 3.8) is 0 Å². The van der Waals surface area contributed by atoms with E-state index in [0.29, 0.717) is 12.4 Å². The Hall–Kier alpha value is -2.39. The minimum absolute atomic E-state index is 0.0108. The average Bonchev–Trinajstić information content (AvgIpc) is 2.46. The van der Waals surface area contributed by atoms with Crippen molar-refractivity contribution in [3.8, 4) is 11.8 Å². The van der Waals surface area contributed by atoms with Crippen molar-refractivity contribution < 1.29 is 9.66 Å². The van der Waals surface area contributed by atoms with Crippen LogP contribution in [-0.4, -0.2) is 4.92 Å². The van der Waals surface area contributed by atoms with Gasteiger partial charge in [0, 0.05) is 16.6 Å². The summed E-state index contributed by atoms with van der Waals surface area (Å²) in [5.41, 5.74) is 0.733. The second kappa shape index (κ2) is 6.17. The second-order valence-corrected chi connectivity index (χ2v) is 4.88. The number of nitriles is 1. The van der Waals surface area contributed by atoms with Crippen LogP contribution in [0.2, 0.25) is 0 Å². The van der Waals surface area contributed by atoms with Crippen molar-refractivity contribution in [2.24, 2.45) is 0 Å². The third-order valence-electron chi connectivity index (χ3n) is 2.60. The molecular weight excluding hydrogens is 324 g/mol. The first-order valence-electron chi connectivity index (χ1n) is 5.66. The molecule has 0 saturated heterocycles. The Morgan fingerprint density at radius 2 is 1.95 bits per heavy atom. The van der Waals surface area contributed by atoms with Crippen molar-refractivity contribution in [1.29, 1.82) is 5.26 Å². The summed E-state index contributed by atoms with van der Waals surface area (Å²) in [6, 6.07) is 13.5. The minimum Gasteiger partial charge on any atom is -0.489 e. The van der Waals surface area contributed by atoms with Gasteiger partial charge in [-0.25, -0.2) is 0 Å². The zero-order chi connectivity index (χ0) is 14.5. The van der Waals surface area contributed by atoms with E-state index in [1.807, 2.05) is 24.3 Å². The molecule has 0 fully saturated rings. The molecular formula is C14H9BrN2O3. The molecule has 0 heterocycles.